The molecule has 0 N–H and O–H groups in total. The van der Waals surface area contributed by atoms with Gasteiger partial charge >= 0.3 is 5.97 Å². The number of methoxy groups -OCH3 is 1. The van der Waals surface area contributed by atoms with E-state index in [2.05, 4.69) is 35.9 Å². The molecule has 1 aliphatic rings. The van der Waals surface area contributed by atoms with Crippen LogP contribution < -0.4 is 0 Å². The van der Waals surface area contributed by atoms with Crippen molar-refractivity contribution in [2.24, 2.45) is 5.41 Å². The molecule has 0 radical (unpaired) electrons. The lowest BCUT2D eigenvalue weighted by atomic mass is 9.75. The van der Waals surface area contributed by atoms with Crippen LogP contribution in [0.15, 0.2) is 30.3 Å². The Morgan fingerprint density at radius 2 is 1.77 bits per heavy atom. The quantitative estimate of drug-likeness (QED) is 0.786. The monoisotopic (exact) mass is 303 g/mol. The summed E-state index contributed by atoms with van der Waals surface area (Å²) in [6.45, 7) is 3.86. The average Bonchev–Trinajstić information content (AvgIpc) is 2.53. The van der Waals surface area contributed by atoms with Crippen LogP contribution in [0.4, 0.5) is 0 Å². The minimum absolute atomic E-state index is 0.0622. The number of hydrogen-bond donors (Lipinski definition) is 0. The normalized spacial score (nSPS) is 17.1. The zero-order valence-electron chi connectivity index (χ0n) is 13.5. The summed E-state index contributed by atoms with van der Waals surface area (Å²) in [6, 6.07) is 10.5. The molecule has 4 heteroatoms. The summed E-state index contributed by atoms with van der Waals surface area (Å²) in [5.41, 5.74) is 1.61. The summed E-state index contributed by atoms with van der Waals surface area (Å²) in [6.07, 6.45) is 3.49. The fraction of sp³-hybridized carbons (Fsp3) is 0.556. The number of likely N-dealkylation sites (tertiary alicyclic amines) is 1. The van der Waals surface area contributed by atoms with E-state index < -0.39 is 0 Å². The van der Waals surface area contributed by atoms with Gasteiger partial charge in [0.25, 0.3) is 0 Å². The highest BCUT2D eigenvalue weighted by Crippen LogP contribution is 2.34. The fourth-order valence-electron chi connectivity index (χ4n) is 3.03. The molecule has 22 heavy (non-hydrogen) atoms. The summed E-state index contributed by atoms with van der Waals surface area (Å²) < 4.78 is 4.58. The number of piperidine rings is 1. The highest BCUT2D eigenvalue weighted by molar-refractivity contribution is 5.81. The summed E-state index contributed by atoms with van der Waals surface area (Å²) in [5.74, 6) is -0.258. The molecule has 0 atom stereocenters. The summed E-state index contributed by atoms with van der Waals surface area (Å²) >= 11 is 0. The Kier molecular flexibility index (Phi) is 5.58. The van der Waals surface area contributed by atoms with E-state index in [9.17, 15) is 9.59 Å². The predicted molar refractivity (Wildman–Crippen MR) is 85.3 cm³/mol. The van der Waals surface area contributed by atoms with E-state index >= 15 is 0 Å². The van der Waals surface area contributed by atoms with Crippen LogP contribution in [0.1, 0.15) is 38.2 Å². The number of rotatable bonds is 5. The smallest absolute Gasteiger partial charge is 0.306 e. The van der Waals surface area contributed by atoms with Gasteiger partial charge in [-0.3, -0.25) is 9.59 Å². The third-order valence-corrected chi connectivity index (χ3v) is 4.57. The zero-order valence-corrected chi connectivity index (χ0v) is 13.5. The first-order valence-electron chi connectivity index (χ1n) is 7.91. The number of ether oxygens (including phenoxy) is 1. The molecule has 0 aliphatic carbocycles. The third kappa shape index (κ3) is 4.58. The highest BCUT2D eigenvalue weighted by atomic mass is 16.5. The maximum Gasteiger partial charge on any atom is 0.306 e. The molecule has 1 aliphatic heterocycles. The Morgan fingerprint density at radius 3 is 2.36 bits per heavy atom. The van der Waals surface area contributed by atoms with Crippen LogP contribution in [0.5, 0.6) is 0 Å². The molecule has 0 aromatic heterocycles. The first-order chi connectivity index (χ1) is 10.5. The Hall–Kier alpha value is -1.84. The van der Waals surface area contributed by atoms with Gasteiger partial charge < -0.3 is 9.64 Å². The largest absolute Gasteiger partial charge is 0.469 e. The van der Waals surface area contributed by atoms with E-state index in [-0.39, 0.29) is 30.1 Å². The van der Waals surface area contributed by atoms with Gasteiger partial charge in [0.05, 0.1) is 13.5 Å². The highest BCUT2D eigenvalue weighted by Gasteiger charge is 2.31. The van der Waals surface area contributed by atoms with Gasteiger partial charge in [-0.25, -0.2) is 0 Å². The predicted octanol–water partition coefficient (Wildman–Crippen LogP) is 2.81. The van der Waals surface area contributed by atoms with Crippen molar-refractivity contribution in [1.82, 2.24) is 4.90 Å². The van der Waals surface area contributed by atoms with Crippen LogP contribution in [-0.4, -0.2) is 37.0 Å². The lowest BCUT2D eigenvalue weighted by Crippen LogP contribution is -2.43. The maximum absolute atomic E-state index is 12.1. The van der Waals surface area contributed by atoms with Crippen LogP contribution in [0.25, 0.3) is 0 Å². The second-order valence-corrected chi connectivity index (χ2v) is 6.43. The second-order valence-electron chi connectivity index (χ2n) is 6.43. The number of benzene rings is 1. The van der Waals surface area contributed by atoms with Crippen LogP contribution in [-0.2, 0) is 20.7 Å². The van der Waals surface area contributed by atoms with E-state index in [0.717, 1.165) is 32.4 Å². The van der Waals surface area contributed by atoms with E-state index in [1.54, 1.807) is 0 Å². The summed E-state index contributed by atoms with van der Waals surface area (Å²) in [5, 5.41) is 0. The van der Waals surface area contributed by atoms with Crippen molar-refractivity contribution in [3.05, 3.63) is 35.9 Å². The summed E-state index contributed by atoms with van der Waals surface area (Å²) in [7, 11) is 1.35. The molecule has 1 aromatic rings. The van der Waals surface area contributed by atoms with Crippen LogP contribution >= 0.6 is 0 Å². The number of esters is 1. The first kappa shape index (κ1) is 16.5. The minimum atomic E-state index is -0.320. The van der Waals surface area contributed by atoms with Gasteiger partial charge in [-0.1, -0.05) is 37.3 Å². The van der Waals surface area contributed by atoms with Gasteiger partial charge in [-0.2, -0.15) is 0 Å². The summed E-state index contributed by atoms with van der Waals surface area (Å²) in [4.78, 5) is 25.1. The standard InChI is InChI=1S/C18H25NO3/c1-18(14-15-6-4-3-5-7-15)10-12-19(13-11-18)16(20)8-9-17(21)22-2/h3-7H,8-14H2,1-2H3. The lowest BCUT2D eigenvalue weighted by molar-refractivity contribution is -0.144. The molecule has 1 amide bonds. The van der Waals surface area contributed by atoms with Crippen LogP contribution in [0.3, 0.4) is 0 Å². The number of carbonyl (C=O) groups is 2. The van der Waals surface area contributed by atoms with Gasteiger partial charge in [0.15, 0.2) is 0 Å². The van der Waals surface area contributed by atoms with Gasteiger partial charge in [0, 0.05) is 19.5 Å². The van der Waals surface area contributed by atoms with Gasteiger partial charge in [-0.15, -0.1) is 0 Å². The van der Waals surface area contributed by atoms with Crippen LogP contribution in [0.2, 0.25) is 0 Å². The average molecular weight is 303 g/mol. The number of nitrogens with zero attached hydrogens (tertiary/aromatic N) is 1. The number of hydrogen-bond acceptors (Lipinski definition) is 3. The molecule has 4 nitrogen and oxygen atoms in total. The van der Waals surface area contributed by atoms with Crippen molar-refractivity contribution in [3.8, 4) is 0 Å². The lowest BCUT2D eigenvalue weighted by Gasteiger charge is -2.39. The molecule has 1 fully saturated rings. The van der Waals surface area contributed by atoms with Gasteiger partial charge in [-0.05, 0) is 30.2 Å². The van der Waals surface area contributed by atoms with Crippen molar-refractivity contribution in [2.45, 2.75) is 39.0 Å². The Labute approximate surface area is 132 Å². The Balaban J connectivity index is 1.81. The van der Waals surface area contributed by atoms with E-state index in [0.29, 0.717) is 0 Å². The molecule has 0 bridgehead atoms. The molecule has 1 saturated heterocycles. The Morgan fingerprint density at radius 1 is 1.14 bits per heavy atom. The molecular formula is C18H25NO3. The van der Waals surface area contributed by atoms with Crippen molar-refractivity contribution >= 4 is 11.9 Å². The molecule has 120 valence electrons. The third-order valence-electron chi connectivity index (χ3n) is 4.57. The SMILES string of the molecule is COC(=O)CCC(=O)N1CCC(C)(Cc2ccccc2)CC1. The first-order valence-corrected chi connectivity index (χ1v) is 7.91. The van der Waals surface area contributed by atoms with E-state index in [4.69, 9.17) is 0 Å². The van der Waals surface area contributed by atoms with Gasteiger partial charge in [0.2, 0.25) is 5.91 Å². The van der Waals surface area contributed by atoms with Crippen molar-refractivity contribution in [2.75, 3.05) is 20.2 Å². The number of carbonyl (C=O) groups excluding carboxylic acids is 2. The molecule has 1 heterocycles. The topological polar surface area (TPSA) is 46.6 Å². The van der Waals surface area contributed by atoms with Crippen molar-refractivity contribution < 1.29 is 14.3 Å². The maximum atomic E-state index is 12.1. The fourth-order valence-corrected chi connectivity index (χ4v) is 3.03. The molecule has 2 rings (SSSR count). The Bertz CT molecular complexity index is 504. The van der Waals surface area contributed by atoms with Crippen LogP contribution in [0, 0.1) is 5.41 Å². The van der Waals surface area contributed by atoms with E-state index in [1.807, 2.05) is 11.0 Å². The van der Waals surface area contributed by atoms with E-state index in [1.165, 1.54) is 12.7 Å². The van der Waals surface area contributed by atoms with Crippen molar-refractivity contribution in [1.29, 1.82) is 0 Å². The molecule has 0 unspecified atom stereocenters. The van der Waals surface area contributed by atoms with Gasteiger partial charge in [0.1, 0.15) is 0 Å². The zero-order chi connectivity index (χ0) is 16.0. The second kappa shape index (κ2) is 7.43. The number of amides is 1. The molecule has 1 aromatic carbocycles. The van der Waals surface area contributed by atoms with Crippen molar-refractivity contribution in [3.63, 3.8) is 0 Å². The molecule has 0 spiro atoms. The molecular weight excluding hydrogens is 278 g/mol. The molecule has 0 saturated carbocycles. The minimum Gasteiger partial charge on any atom is -0.469 e.